The Morgan fingerprint density at radius 2 is 2.00 bits per heavy atom. The molecule has 5 nitrogen and oxygen atoms in total. The standard InChI is InChI=1S/C19H19F2N3O2/c1-22-18(26)24-19(9-10-25,13-5-3-2-4-6-13)12-17(23-24)15-11-14(20)7-8-16(15)21/h2-8,11,25H,9-10,12H2,1H3,(H,22,26). The summed E-state index contributed by atoms with van der Waals surface area (Å²) in [5.74, 6) is -1.20. The lowest BCUT2D eigenvalue weighted by atomic mass is 9.81. The number of benzene rings is 2. The van der Waals surface area contributed by atoms with Gasteiger partial charge in [0.15, 0.2) is 0 Å². The molecule has 1 atom stereocenters. The number of urea groups is 1. The third-order valence-corrected chi connectivity index (χ3v) is 4.57. The number of nitrogens with zero attached hydrogens (tertiary/aromatic N) is 2. The number of carbonyl (C=O) groups is 1. The van der Waals surface area contributed by atoms with Gasteiger partial charge < -0.3 is 10.4 Å². The third-order valence-electron chi connectivity index (χ3n) is 4.57. The maximum absolute atomic E-state index is 14.3. The summed E-state index contributed by atoms with van der Waals surface area (Å²) in [6, 6.07) is 11.8. The van der Waals surface area contributed by atoms with Crippen LogP contribution in [0.15, 0.2) is 53.6 Å². The number of hydrogen-bond acceptors (Lipinski definition) is 3. The quantitative estimate of drug-likeness (QED) is 0.881. The summed E-state index contributed by atoms with van der Waals surface area (Å²) in [6.45, 7) is -0.198. The average Bonchev–Trinajstić information content (AvgIpc) is 3.04. The van der Waals surface area contributed by atoms with Gasteiger partial charge in [0.2, 0.25) is 0 Å². The maximum Gasteiger partial charge on any atom is 0.338 e. The molecule has 2 aromatic carbocycles. The first-order valence-electron chi connectivity index (χ1n) is 8.23. The normalized spacial score (nSPS) is 19.4. The van der Waals surface area contributed by atoms with Gasteiger partial charge in [0.05, 0.1) is 5.71 Å². The SMILES string of the molecule is CNC(=O)N1N=C(c2cc(F)ccc2F)CC1(CCO)c1ccccc1. The van der Waals surface area contributed by atoms with E-state index in [0.29, 0.717) is 0 Å². The van der Waals surface area contributed by atoms with Crippen molar-refractivity contribution >= 4 is 11.7 Å². The molecule has 0 aromatic heterocycles. The fourth-order valence-corrected chi connectivity index (χ4v) is 3.31. The average molecular weight is 359 g/mol. The number of hydrogen-bond donors (Lipinski definition) is 2. The molecule has 3 rings (SSSR count). The number of aliphatic hydroxyl groups excluding tert-OH is 1. The summed E-state index contributed by atoms with van der Waals surface area (Å²) >= 11 is 0. The minimum absolute atomic E-state index is 0.00893. The van der Waals surface area contributed by atoms with Gasteiger partial charge in [0.25, 0.3) is 0 Å². The van der Waals surface area contributed by atoms with Gasteiger partial charge >= 0.3 is 6.03 Å². The van der Waals surface area contributed by atoms with Gasteiger partial charge in [-0.1, -0.05) is 30.3 Å². The molecule has 0 radical (unpaired) electrons. The van der Waals surface area contributed by atoms with Crippen molar-refractivity contribution in [2.75, 3.05) is 13.7 Å². The zero-order chi connectivity index (χ0) is 18.7. The Labute approximate surface area is 149 Å². The lowest BCUT2D eigenvalue weighted by Gasteiger charge is -2.36. The summed E-state index contributed by atoms with van der Waals surface area (Å²) < 4.78 is 27.9. The van der Waals surface area contributed by atoms with Crippen LogP contribution >= 0.6 is 0 Å². The Balaban J connectivity index is 2.14. The largest absolute Gasteiger partial charge is 0.396 e. The number of halogens is 2. The van der Waals surface area contributed by atoms with E-state index in [4.69, 9.17) is 0 Å². The number of hydrazone groups is 1. The first-order chi connectivity index (χ1) is 12.5. The predicted octanol–water partition coefficient (Wildman–Crippen LogP) is 2.99. The van der Waals surface area contributed by atoms with Gasteiger partial charge in [0, 0.05) is 32.1 Å². The molecule has 136 valence electrons. The molecule has 0 spiro atoms. The molecule has 2 amide bonds. The molecule has 2 N–H and O–H groups in total. The molecule has 0 bridgehead atoms. The first kappa shape index (κ1) is 18.0. The van der Waals surface area contributed by atoms with E-state index in [1.54, 1.807) is 0 Å². The van der Waals surface area contributed by atoms with Gasteiger partial charge in [-0.15, -0.1) is 0 Å². The molecule has 1 heterocycles. The Bertz CT molecular complexity index is 842. The van der Waals surface area contributed by atoms with Crippen LogP contribution in [0.25, 0.3) is 0 Å². The second-order valence-electron chi connectivity index (χ2n) is 6.09. The highest BCUT2D eigenvalue weighted by molar-refractivity contribution is 6.04. The van der Waals surface area contributed by atoms with Crippen LogP contribution < -0.4 is 5.32 Å². The second-order valence-corrected chi connectivity index (χ2v) is 6.09. The minimum Gasteiger partial charge on any atom is -0.396 e. The van der Waals surface area contributed by atoms with E-state index in [0.717, 1.165) is 23.8 Å². The van der Waals surface area contributed by atoms with E-state index in [9.17, 15) is 18.7 Å². The minimum atomic E-state index is -0.982. The molecule has 1 aliphatic heterocycles. The highest BCUT2D eigenvalue weighted by atomic mass is 19.1. The van der Waals surface area contributed by atoms with Gasteiger partial charge in [-0.05, 0) is 23.8 Å². The fourth-order valence-electron chi connectivity index (χ4n) is 3.31. The van der Waals surface area contributed by atoms with Crippen molar-refractivity contribution in [3.05, 3.63) is 71.3 Å². The highest BCUT2D eigenvalue weighted by Gasteiger charge is 2.47. The van der Waals surface area contributed by atoms with Gasteiger partial charge in [-0.2, -0.15) is 5.10 Å². The van der Waals surface area contributed by atoms with Gasteiger partial charge in [0.1, 0.15) is 17.2 Å². The van der Waals surface area contributed by atoms with Crippen LogP contribution in [0.2, 0.25) is 0 Å². The summed E-state index contributed by atoms with van der Waals surface area (Å²) in [5, 5.41) is 17.7. The molecule has 1 aliphatic rings. The second kappa shape index (κ2) is 7.21. The van der Waals surface area contributed by atoms with E-state index in [1.165, 1.54) is 12.1 Å². The number of rotatable bonds is 4. The molecule has 26 heavy (non-hydrogen) atoms. The number of amides is 2. The Morgan fingerprint density at radius 1 is 1.27 bits per heavy atom. The molecule has 0 fully saturated rings. The topological polar surface area (TPSA) is 64.9 Å². The van der Waals surface area contributed by atoms with E-state index in [1.807, 2.05) is 30.3 Å². The molecular weight excluding hydrogens is 340 g/mol. The number of aliphatic hydroxyl groups is 1. The molecule has 1 unspecified atom stereocenters. The van der Waals surface area contributed by atoms with Gasteiger partial charge in [-0.3, -0.25) is 0 Å². The summed E-state index contributed by atoms with van der Waals surface area (Å²) in [5.41, 5.74) is 0.0373. The third kappa shape index (κ3) is 3.06. The van der Waals surface area contributed by atoms with Crippen molar-refractivity contribution in [3.8, 4) is 0 Å². The molecule has 2 aromatic rings. The maximum atomic E-state index is 14.3. The van der Waals surface area contributed by atoms with Crippen LogP contribution in [0.3, 0.4) is 0 Å². The fraction of sp³-hybridized carbons (Fsp3) is 0.263. The molecule has 0 saturated heterocycles. The Hall–Kier alpha value is -2.80. The van der Waals surface area contributed by atoms with Crippen molar-refractivity contribution in [2.45, 2.75) is 18.4 Å². The summed E-state index contributed by atoms with van der Waals surface area (Å²) in [6.07, 6.45) is 0.361. The van der Waals surface area contributed by atoms with E-state index in [-0.39, 0.29) is 30.7 Å². The van der Waals surface area contributed by atoms with Crippen LogP contribution in [-0.2, 0) is 5.54 Å². The molecule has 7 heteroatoms. The van der Waals surface area contributed by atoms with Crippen LogP contribution in [0.1, 0.15) is 24.0 Å². The van der Waals surface area contributed by atoms with E-state index >= 15 is 0 Å². The molecule has 0 aliphatic carbocycles. The summed E-state index contributed by atoms with van der Waals surface area (Å²) in [7, 11) is 1.47. The van der Waals surface area contributed by atoms with Crippen molar-refractivity contribution in [2.24, 2.45) is 5.10 Å². The number of carbonyl (C=O) groups excluding carboxylic acids is 1. The van der Waals surface area contributed by atoms with Gasteiger partial charge in [-0.25, -0.2) is 18.6 Å². The van der Waals surface area contributed by atoms with E-state index < -0.39 is 23.2 Å². The number of nitrogens with one attached hydrogen (secondary N) is 1. The van der Waals surface area contributed by atoms with Crippen LogP contribution in [0.4, 0.5) is 13.6 Å². The van der Waals surface area contributed by atoms with E-state index in [2.05, 4.69) is 10.4 Å². The van der Waals surface area contributed by atoms with Crippen molar-refractivity contribution in [3.63, 3.8) is 0 Å². The predicted molar refractivity (Wildman–Crippen MR) is 93.6 cm³/mol. The summed E-state index contributed by atoms with van der Waals surface area (Å²) in [4.78, 5) is 12.5. The molecule has 0 saturated carbocycles. The lowest BCUT2D eigenvalue weighted by molar-refractivity contribution is 0.105. The smallest absolute Gasteiger partial charge is 0.338 e. The first-order valence-corrected chi connectivity index (χ1v) is 8.23. The molecular formula is C19H19F2N3O2. The van der Waals surface area contributed by atoms with Crippen LogP contribution in [0, 0.1) is 11.6 Å². The van der Waals surface area contributed by atoms with Crippen LogP contribution in [-0.4, -0.2) is 35.5 Å². The van der Waals surface area contributed by atoms with Crippen LogP contribution in [0.5, 0.6) is 0 Å². The Morgan fingerprint density at radius 3 is 2.65 bits per heavy atom. The zero-order valence-electron chi connectivity index (χ0n) is 14.2. The Kier molecular flexibility index (Phi) is 4.99. The van der Waals surface area contributed by atoms with Crippen molar-refractivity contribution in [1.29, 1.82) is 0 Å². The van der Waals surface area contributed by atoms with Crippen molar-refractivity contribution < 1.29 is 18.7 Å². The highest BCUT2D eigenvalue weighted by Crippen LogP contribution is 2.42. The van der Waals surface area contributed by atoms with Crippen molar-refractivity contribution in [1.82, 2.24) is 10.3 Å². The lowest BCUT2D eigenvalue weighted by Crippen LogP contribution is -2.47. The zero-order valence-corrected chi connectivity index (χ0v) is 14.2. The monoisotopic (exact) mass is 359 g/mol.